The molecule has 1 heterocycles. The van der Waals surface area contributed by atoms with E-state index in [1.54, 1.807) is 25.3 Å². The van der Waals surface area contributed by atoms with Gasteiger partial charge in [0.05, 0.1) is 16.5 Å². The number of ether oxygens (including phenoxy) is 2. The average molecular weight is 485 g/mol. The number of hydrogen-bond acceptors (Lipinski definition) is 9. The van der Waals surface area contributed by atoms with Crippen LogP contribution < -0.4 is 10.1 Å². The zero-order valence-electron chi connectivity index (χ0n) is 18.1. The Balaban J connectivity index is 1.82. The highest BCUT2D eigenvalue weighted by Crippen LogP contribution is 2.37. The predicted octanol–water partition coefficient (Wildman–Crippen LogP) is 4.73. The standard InChI is InChI=1S/C22H19N3O8S/c1-3-32-22(27)20-17(14-5-4-6-15(10-14)24(28)29)12-34-21(20)23-19(26)11-33-18-8-7-16(25(30)31)9-13(18)2/h4-10,12H,3,11H2,1-2H3,(H,23,26). The van der Waals surface area contributed by atoms with Crippen molar-refractivity contribution in [2.75, 3.05) is 18.5 Å². The Hall–Kier alpha value is -4.32. The highest BCUT2D eigenvalue weighted by molar-refractivity contribution is 7.15. The van der Waals surface area contributed by atoms with E-state index in [4.69, 9.17) is 9.47 Å². The van der Waals surface area contributed by atoms with Gasteiger partial charge in [0, 0.05) is 35.2 Å². The Kier molecular flexibility index (Phi) is 7.53. The van der Waals surface area contributed by atoms with Crippen molar-refractivity contribution in [1.82, 2.24) is 0 Å². The number of carbonyl (C=O) groups is 2. The van der Waals surface area contributed by atoms with Crippen molar-refractivity contribution < 1.29 is 28.9 Å². The normalized spacial score (nSPS) is 10.4. The minimum Gasteiger partial charge on any atom is -0.483 e. The number of amides is 1. The predicted molar refractivity (Wildman–Crippen MR) is 124 cm³/mol. The van der Waals surface area contributed by atoms with Crippen molar-refractivity contribution in [2.24, 2.45) is 0 Å². The van der Waals surface area contributed by atoms with Crippen LogP contribution in [-0.4, -0.2) is 34.9 Å². The highest BCUT2D eigenvalue weighted by Gasteiger charge is 2.24. The van der Waals surface area contributed by atoms with E-state index in [1.165, 1.54) is 36.4 Å². The first kappa shape index (κ1) is 24.3. The topological polar surface area (TPSA) is 151 Å². The summed E-state index contributed by atoms with van der Waals surface area (Å²) in [6.07, 6.45) is 0. The highest BCUT2D eigenvalue weighted by atomic mass is 32.1. The van der Waals surface area contributed by atoms with Crippen LogP contribution in [0.1, 0.15) is 22.8 Å². The molecule has 0 aliphatic carbocycles. The van der Waals surface area contributed by atoms with Crippen molar-refractivity contribution in [2.45, 2.75) is 13.8 Å². The summed E-state index contributed by atoms with van der Waals surface area (Å²) in [5, 5.41) is 26.4. The Morgan fingerprint density at radius 1 is 1.06 bits per heavy atom. The van der Waals surface area contributed by atoms with Gasteiger partial charge in [-0.25, -0.2) is 4.79 Å². The molecule has 0 atom stereocenters. The number of esters is 1. The molecule has 0 bridgehead atoms. The number of hydrogen-bond donors (Lipinski definition) is 1. The van der Waals surface area contributed by atoms with Gasteiger partial charge in [-0.05, 0) is 31.0 Å². The molecule has 3 rings (SSSR count). The molecular formula is C22H19N3O8S. The maximum Gasteiger partial charge on any atom is 0.341 e. The van der Waals surface area contributed by atoms with Gasteiger partial charge in [-0.1, -0.05) is 12.1 Å². The number of nitrogens with zero attached hydrogens (tertiary/aromatic N) is 2. The number of benzene rings is 2. The van der Waals surface area contributed by atoms with Crippen LogP contribution in [0.15, 0.2) is 47.8 Å². The van der Waals surface area contributed by atoms with E-state index in [0.717, 1.165) is 11.3 Å². The summed E-state index contributed by atoms with van der Waals surface area (Å²) in [4.78, 5) is 46.1. The molecule has 0 aliphatic heterocycles. The second kappa shape index (κ2) is 10.5. The van der Waals surface area contributed by atoms with Crippen molar-refractivity contribution in [3.63, 3.8) is 0 Å². The lowest BCUT2D eigenvalue weighted by Gasteiger charge is -2.11. The van der Waals surface area contributed by atoms with Crippen molar-refractivity contribution >= 4 is 39.6 Å². The molecule has 1 N–H and O–H groups in total. The summed E-state index contributed by atoms with van der Waals surface area (Å²) in [6, 6.07) is 9.77. The molecule has 34 heavy (non-hydrogen) atoms. The number of aryl methyl sites for hydroxylation is 1. The molecule has 176 valence electrons. The Morgan fingerprint density at radius 3 is 2.41 bits per heavy atom. The second-order valence-corrected chi connectivity index (χ2v) is 7.80. The van der Waals surface area contributed by atoms with Gasteiger partial charge in [-0.15, -0.1) is 11.3 Å². The van der Waals surface area contributed by atoms with Crippen LogP contribution in [-0.2, 0) is 9.53 Å². The lowest BCUT2D eigenvalue weighted by atomic mass is 10.0. The van der Waals surface area contributed by atoms with Crippen molar-refractivity contribution in [3.8, 4) is 16.9 Å². The number of nitro groups is 2. The molecule has 3 aromatic rings. The van der Waals surface area contributed by atoms with Crippen molar-refractivity contribution in [3.05, 3.63) is 79.2 Å². The van der Waals surface area contributed by atoms with Crippen LogP contribution in [0.2, 0.25) is 0 Å². The lowest BCUT2D eigenvalue weighted by molar-refractivity contribution is -0.385. The number of nitro benzene ring substituents is 2. The summed E-state index contributed by atoms with van der Waals surface area (Å²) >= 11 is 1.06. The molecule has 0 saturated heterocycles. The Labute approximate surface area is 197 Å². The maximum atomic E-state index is 12.6. The van der Waals surface area contributed by atoms with Crippen LogP contribution in [0.3, 0.4) is 0 Å². The van der Waals surface area contributed by atoms with Crippen LogP contribution in [0.4, 0.5) is 16.4 Å². The maximum absolute atomic E-state index is 12.6. The van der Waals surface area contributed by atoms with E-state index in [0.29, 0.717) is 22.4 Å². The van der Waals surface area contributed by atoms with Gasteiger partial charge >= 0.3 is 5.97 Å². The molecular weight excluding hydrogens is 466 g/mol. The molecule has 0 aliphatic rings. The van der Waals surface area contributed by atoms with Crippen LogP contribution >= 0.6 is 11.3 Å². The van der Waals surface area contributed by atoms with E-state index < -0.39 is 28.3 Å². The van der Waals surface area contributed by atoms with Gasteiger partial charge in [0.2, 0.25) is 0 Å². The minimum atomic E-state index is -0.687. The first-order valence-corrected chi connectivity index (χ1v) is 10.8. The SMILES string of the molecule is CCOC(=O)c1c(-c2cccc([N+](=O)[O-])c2)csc1NC(=O)COc1ccc([N+](=O)[O-])cc1C. The molecule has 1 aromatic heterocycles. The second-order valence-electron chi connectivity index (χ2n) is 6.93. The third-order valence-electron chi connectivity index (χ3n) is 4.62. The minimum absolute atomic E-state index is 0.0761. The first-order chi connectivity index (χ1) is 16.2. The number of nitrogens with one attached hydrogen (secondary N) is 1. The molecule has 0 radical (unpaired) electrons. The summed E-state index contributed by atoms with van der Waals surface area (Å²) in [7, 11) is 0. The first-order valence-electron chi connectivity index (χ1n) is 9.92. The van der Waals surface area contributed by atoms with E-state index in [1.807, 2.05) is 0 Å². The summed E-state index contributed by atoms with van der Waals surface area (Å²) in [5.41, 5.74) is 1.13. The summed E-state index contributed by atoms with van der Waals surface area (Å²) < 4.78 is 10.6. The lowest BCUT2D eigenvalue weighted by Crippen LogP contribution is -2.21. The fraction of sp³-hybridized carbons (Fsp3) is 0.182. The van der Waals surface area contributed by atoms with E-state index >= 15 is 0 Å². The summed E-state index contributed by atoms with van der Waals surface area (Å²) in [5.74, 6) is -0.960. The number of rotatable bonds is 9. The van der Waals surface area contributed by atoms with Gasteiger partial charge in [0.15, 0.2) is 6.61 Å². The number of carbonyl (C=O) groups excluding carboxylic acids is 2. The van der Waals surface area contributed by atoms with Gasteiger partial charge in [0.1, 0.15) is 16.3 Å². The fourth-order valence-corrected chi connectivity index (χ4v) is 4.04. The molecule has 0 unspecified atom stereocenters. The largest absolute Gasteiger partial charge is 0.483 e. The monoisotopic (exact) mass is 485 g/mol. The van der Waals surface area contributed by atoms with Crippen molar-refractivity contribution in [1.29, 1.82) is 0 Å². The zero-order chi connectivity index (χ0) is 24.8. The molecule has 0 fully saturated rings. The Bertz CT molecular complexity index is 1270. The molecule has 0 saturated carbocycles. The summed E-state index contributed by atoms with van der Waals surface area (Å²) in [6.45, 7) is 2.93. The Morgan fingerprint density at radius 2 is 1.76 bits per heavy atom. The third-order valence-corrected chi connectivity index (χ3v) is 5.52. The molecule has 2 aromatic carbocycles. The van der Waals surface area contributed by atoms with Crippen LogP contribution in [0.25, 0.3) is 11.1 Å². The average Bonchev–Trinajstić information content (AvgIpc) is 3.21. The number of non-ortho nitro benzene ring substituents is 2. The molecule has 12 heteroatoms. The van der Waals surface area contributed by atoms with E-state index in [-0.39, 0.29) is 28.5 Å². The van der Waals surface area contributed by atoms with Gasteiger partial charge < -0.3 is 14.8 Å². The number of thiophene rings is 1. The van der Waals surface area contributed by atoms with E-state index in [2.05, 4.69) is 5.32 Å². The molecule has 0 spiro atoms. The van der Waals surface area contributed by atoms with E-state index in [9.17, 15) is 29.8 Å². The van der Waals surface area contributed by atoms with Gasteiger partial charge in [-0.3, -0.25) is 25.0 Å². The fourth-order valence-electron chi connectivity index (χ4n) is 3.07. The number of anilines is 1. The zero-order valence-corrected chi connectivity index (χ0v) is 18.9. The molecule has 1 amide bonds. The smallest absolute Gasteiger partial charge is 0.341 e. The van der Waals surface area contributed by atoms with Crippen LogP contribution in [0.5, 0.6) is 5.75 Å². The quantitative estimate of drug-likeness (QED) is 0.259. The van der Waals surface area contributed by atoms with Gasteiger partial charge in [0.25, 0.3) is 17.3 Å². The van der Waals surface area contributed by atoms with Crippen LogP contribution in [0, 0.1) is 27.2 Å². The molecule has 11 nitrogen and oxygen atoms in total. The van der Waals surface area contributed by atoms with Gasteiger partial charge in [-0.2, -0.15) is 0 Å². The third kappa shape index (κ3) is 5.53.